The normalized spacial score (nSPS) is 13.0. The minimum absolute atomic E-state index is 0.0962. The predicted octanol–water partition coefficient (Wildman–Crippen LogP) is 2.57. The highest BCUT2D eigenvalue weighted by atomic mass is 16.1. The van der Waals surface area contributed by atoms with E-state index in [1.54, 1.807) is 17.0 Å². The second-order valence-electron chi connectivity index (χ2n) is 5.51. The molecule has 0 bridgehead atoms. The summed E-state index contributed by atoms with van der Waals surface area (Å²) in [5, 5.41) is 10.7. The number of benzene rings is 1. The number of hydrogen-bond donors (Lipinski definition) is 1. The lowest BCUT2D eigenvalue weighted by atomic mass is 10.1. The van der Waals surface area contributed by atoms with E-state index in [4.69, 9.17) is 0 Å². The standard InChI is InChI=1S/C17H22N4O/c1-13(9-10-15-7-5-4-6-8-15)11-16(22)19-14(2)17-20-18-12-21(17)3/h4-8,11-12,14H,9-10H2,1-3H3,(H,19,22)/b13-11+/t14-/m0/s1. The third-order valence-corrected chi connectivity index (χ3v) is 3.52. The molecular formula is C17H22N4O. The molecule has 0 saturated heterocycles. The molecule has 1 aromatic heterocycles. The van der Waals surface area contributed by atoms with E-state index in [2.05, 4.69) is 27.6 Å². The molecule has 0 aliphatic rings. The lowest BCUT2D eigenvalue weighted by Gasteiger charge is -2.11. The summed E-state index contributed by atoms with van der Waals surface area (Å²) in [6.07, 6.45) is 5.10. The maximum Gasteiger partial charge on any atom is 0.244 e. The lowest BCUT2D eigenvalue weighted by molar-refractivity contribution is -0.117. The first-order valence-corrected chi connectivity index (χ1v) is 7.41. The molecule has 0 saturated carbocycles. The van der Waals surface area contributed by atoms with Crippen LogP contribution in [-0.4, -0.2) is 20.7 Å². The molecule has 22 heavy (non-hydrogen) atoms. The molecule has 0 spiro atoms. The van der Waals surface area contributed by atoms with E-state index in [9.17, 15) is 4.79 Å². The molecular weight excluding hydrogens is 276 g/mol. The zero-order valence-corrected chi connectivity index (χ0v) is 13.3. The van der Waals surface area contributed by atoms with E-state index < -0.39 is 0 Å². The van der Waals surface area contributed by atoms with Gasteiger partial charge in [-0.2, -0.15) is 0 Å². The highest BCUT2D eigenvalue weighted by Crippen LogP contribution is 2.10. The largest absolute Gasteiger partial charge is 0.343 e. The van der Waals surface area contributed by atoms with Crippen molar-refractivity contribution in [2.24, 2.45) is 7.05 Å². The van der Waals surface area contributed by atoms with Gasteiger partial charge in [-0.1, -0.05) is 35.9 Å². The number of allylic oxidation sites excluding steroid dienone is 1. The monoisotopic (exact) mass is 298 g/mol. The number of aromatic nitrogens is 3. The Morgan fingerprint density at radius 3 is 2.73 bits per heavy atom. The predicted molar refractivity (Wildman–Crippen MR) is 86.1 cm³/mol. The zero-order chi connectivity index (χ0) is 15.9. The van der Waals surface area contributed by atoms with Gasteiger partial charge in [-0.3, -0.25) is 4.79 Å². The lowest BCUT2D eigenvalue weighted by Crippen LogP contribution is -2.27. The summed E-state index contributed by atoms with van der Waals surface area (Å²) in [6, 6.07) is 10.1. The van der Waals surface area contributed by atoms with Crippen LogP contribution in [0.2, 0.25) is 0 Å². The highest BCUT2D eigenvalue weighted by Gasteiger charge is 2.12. The molecule has 1 aromatic carbocycles. The Morgan fingerprint density at radius 1 is 1.36 bits per heavy atom. The van der Waals surface area contributed by atoms with Crippen LogP contribution >= 0.6 is 0 Å². The van der Waals surface area contributed by atoms with E-state index in [0.717, 1.165) is 24.2 Å². The molecule has 0 fully saturated rings. The summed E-state index contributed by atoms with van der Waals surface area (Å²) in [5.74, 6) is 0.643. The van der Waals surface area contributed by atoms with Crippen molar-refractivity contribution in [3.63, 3.8) is 0 Å². The van der Waals surface area contributed by atoms with Gasteiger partial charge in [0.05, 0.1) is 6.04 Å². The zero-order valence-electron chi connectivity index (χ0n) is 13.3. The van der Waals surface area contributed by atoms with Crippen LogP contribution in [0.4, 0.5) is 0 Å². The third kappa shape index (κ3) is 4.55. The van der Waals surface area contributed by atoms with Crippen molar-refractivity contribution in [2.75, 3.05) is 0 Å². The fourth-order valence-electron chi connectivity index (χ4n) is 2.29. The van der Waals surface area contributed by atoms with Crippen LogP contribution < -0.4 is 5.32 Å². The molecule has 5 nitrogen and oxygen atoms in total. The Kier molecular flexibility index (Phi) is 5.47. The third-order valence-electron chi connectivity index (χ3n) is 3.52. The quantitative estimate of drug-likeness (QED) is 0.834. The summed E-state index contributed by atoms with van der Waals surface area (Å²) in [4.78, 5) is 12.0. The number of nitrogens with zero attached hydrogens (tertiary/aromatic N) is 3. The maximum atomic E-state index is 12.0. The molecule has 1 amide bonds. The number of carbonyl (C=O) groups excluding carboxylic acids is 1. The van der Waals surface area contributed by atoms with Gasteiger partial charge in [0.15, 0.2) is 5.82 Å². The first kappa shape index (κ1) is 15.9. The molecule has 116 valence electrons. The fourth-order valence-corrected chi connectivity index (χ4v) is 2.29. The van der Waals surface area contributed by atoms with Crippen LogP contribution in [0.3, 0.4) is 0 Å². The minimum atomic E-state index is -0.168. The molecule has 5 heteroatoms. The van der Waals surface area contributed by atoms with Gasteiger partial charge in [-0.05, 0) is 32.3 Å². The number of nitrogens with one attached hydrogen (secondary N) is 1. The number of hydrogen-bond acceptors (Lipinski definition) is 3. The first-order valence-electron chi connectivity index (χ1n) is 7.41. The van der Waals surface area contributed by atoms with Gasteiger partial charge in [-0.15, -0.1) is 10.2 Å². The average Bonchev–Trinajstić information content (AvgIpc) is 2.92. The van der Waals surface area contributed by atoms with Crippen LogP contribution in [0.15, 0.2) is 48.3 Å². The van der Waals surface area contributed by atoms with Crippen molar-refractivity contribution in [1.29, 1.82) is 0 Å². The molecule has 0 radical (unpaired) electrons. The van der Waals surface area contributed by atoms with E-state index in [1.165, 1.54) is 5.56 Å². The maximum absolute atomic E-state index is 12.0. The van der Waals surface area contributed by atoms with Gasteiger partial charge in [0, 0.05) is 13.1 Å². The van der Waals surface area contributed by atoms with Gasteiger partial charge in [0.2, 0.25) is 5.91 Å². The SMILES string of the molecule is C/C(=C\C(=O)N[C@@H](C)c1nncn1C)CCc1ccccc1. The summed E-state index contributed by atoms with van der Waals surface area (Å²) in [6.45, 7) is 3.88. The topological polar surface area (TPSA) is 59.8 Å². The Labute approximate surface area is 131 Å². The second-order valence-corrected chi connectivity index (χ2v) is 5.51. The van der Waals surface area contributed by atoms with E-state index >= 15 is 0 Å². The Morgan fingerprint density at radius 2 is 2.09 bits per heavy atom. The Bertz CT molecular complexity index is 646. The van der Waals surface area contributed by atoms with E-state index in [-0.39, 0.29) is 11.9 Å². The molecule has 2 aromatic rings. The van der Waals surface area contributed by atoms with Gasteiger partial charge in [-0.25, -0.2) is 0 Å². The van der Waals surface area contributed by atoms with Crippen molar-refractivity contribution in [2.45, 2.75) is 32.7 Å². The Hall–Kier alpha value is -2.43. The van der Waals surface area contributed by atoms with Crippen LogP contribution in [-0.2, 0) is 18.3 Å². The molecule has 1 atom stereocenters. The van der Waals surface area contributed by atoms with Crippen molar-refractivity contribution >= 4 is 5.91 Å². The molecule has 0 aliphatic heterocycles. The molecule has 2 rings (SSSR count). The van der Waals surface area contributed by atoms with Crippen LogP contribution in [0.25, 0.3) is 0 Å². The molecule has 0 unspecified atom stereocenters. The second kappa shape index (κ2) is 7.54. The summed E-state index contributed by atoms with van der Waals surface area (Å²) >= 11 is 0. The molecule has 1 N–H and O–H groups in total. The number of aryl methyl sites for hydroxylation is 2. The van der Waals surface area contributed by atoms with Gasteiger partial charge >= 0.3 is 0 Å². The van der Waals surface area contributed by atoms with E-state index in [0.29, 0.717) is 0 Å². The summed E-state index contributed by atoms with van der Waals surface area (Å²) < 4.78 is 1.80. The van der Waals surface area contributed by atoms with Crippen molar-refractivity contribution < 1.29 is 4.79 Å². The summed E-state index contributed by atoms with van der Waals surface area (Å²) in [7, 11) is 1.86. The Balaban J connectivity index is 1.86. The smallest absolute Gasteiger partial charge is 0.244 e. The van der Waals surface area contributed by atoms with Gasteiger partial charge in [0.25, 0.3) is 0 Å². The van der Waals surface area contributed by atoms with Crippen LogP contribution in [0, 0.1) is 0 Å². The summed E-state index contributed by atoms with van der Waals surface area (Å²) in [5.41, 5.74) is 2.34. The first-order chi connectivity index (χ1) is 10.6. The highest BCUT2D eigenvalue weighted by molar-refractivity contribution is 5.88. The van der Waals surface area contributed by atoms with Crippen molar-refractivity contribution in [3.8, 4) is 0 Å². The van der Waals surface area contributed by atoms with Crippen molar-refractivity contribution in [3.05, 3.63) is 59.7 Å². The number of amides is 1. The number of carbonyl (C=O) groups is 1. The molecule has 1 heterocycles. The van der Waals surface area contributed by atoms with Crippen molar-refractivity contribution in [1.82, 2.24) is 20.1 Å². The van der Waals surface area contributed by atoms with Gasteiger partial charge in [0.1, 0.15) is 6.33 Å². The number of rotatable bonds is 6. The van der Waals surface area contributed by atoms with Gasteiger partial charge < -0.3 is 9.88 Å². The van der Waals surface area contributed by atoms with E-state index in [1.807, 2.05) is 39.1 Å². The average molecular weight is 298 g/mol. The van der Waals surface area contributed by atoms with Crippen LogP contribution in [0.5, 0.6) is 0 Å². The molecule has 0 aliphatic carbocycles. The fraction of sp³-hybridized carbons (Fsp3) is 0.353. The minimum Gasteiger partial charge on any atom is -0.343 e. The van der Waals surface area contributed by atoms with Crippen LogP contribution in [0.1, 0.15) is 37.7 Å².